The first-order valence-electron chi connectivity index (χ1n) is 10.6. The van der Waals surface area contributed by atoms with Crippen molar-refractivity contribution < 1.29 is 41.0 Å². The second-order valence-corrected chi connectivity index (χ2v) is 9.69. The van der Waals surface area contributed by atoms with Crippen LogP contribution < -0.4 is 14.4 Å². The zero-order valence-corrected chi connectivity index (χ0v) is 19.3. The molecule has 0 radical (unpaired) electrons. The van der Waals surface area contributed by atoms with E-state index in [0.717, 1.165) is 40.7 Å². The molecule has 188 valence electrons. The Bertz CT molecular complexity index is 1430. The summed E-state index contributed by atoms with van der Waals surface area (Å²) in [4.78, 5) is 23.6. The predicted molar refractivity (Wildman–Crippen MR) is 124 cm³/mol. The van der Waals surface area contributed by atoms with Crippen LogP contribution in [-0.2, 0) is 16.4 Å². The number of amides is 1. The number of carboxylic acids is 1. The molecule has 0 unspecified atom stereocenters. The molecule has 1 aliphatic rings. The Balaban J connectivity index is 1.61. The SMILES string of the molecule is O=C(Nc1ccc(C(=O)O)c(F)c1)c1ccc2c(c1)N(S(=O)(=O)c1ccc(OC(F)F)cc1)CCC2. The van der Waals surface area contributed by atoms with Gasteiger partial charge in [0.05, 0.1) is 16.1 Å². The minimum Gasteiger partial charge on any atom is -0.478 e. The second kappa shape index (κ2) is 9.90. The van der Waals surface area contributed by atoms with Gasteiger partial charge in [0.2, 0.25) is 0 Å². The van der Waals surface area contributed by atoms with E-state index in [4.69, 9.17) is 5.11 Å². The lowest BCUT2D eigenvalue weighted by molar-refractivity contribution is -0.0498. The summed E-state index contributed by atoms with van der Waals surface area (Å²) in [5.41, 5.74) is 0.552. The molecule has 3 aromatic rings. The zero-order valence-electron chi connectivity index (χ0n) is 18.4. The van der Waals surface area contributed by atoms with Gasteiger partial charge < -0.3 is 15.2 Å². The molecule has 1 aliphatic heterocycles. The zero-order chi connectivity index (χ0) is 26.0. The maximum Gasteiger partial charge on any atom is 0.387 e. The third-order valence-corrected chi connectivity index (χ3v) is 7.35. The number of benzene rings is 3. The van der Waals surface area contributed by atoms with Crippen molar-refractivity contribution in [2.75, 3.05) is 16.2 Å². The van der Waals surface area contributed by atoms with E-state index in [1.807, 2.05) is 0 Å². The Labute approximate surface area is 204 Å². The number of alkyl halides is 2. The van der Waals surface area contributed by atoms with E-state index >= 15 is 0 Å². The highest BCUT2D eigenvalue weighted by atomic mass is 32.2. The molecule has 0 saturated heterocycles. The van der Waals surface area contributed by atoms with Crippen LogP contribution in [0.5, 0.6) is 5.75 Å². The van der Waals surface area contributed by atoms with E-state index in [1.54, 1.807) is 6.07 Å². The van der Waals surface area contributed by atoms with Crippen LogP contribution in [0.25, 0.3) is 0 Å². The molecule has 3 aromatic carbocycles. The largest absolute Gasteiger partial charge is 0.478 e. The molecule has 0 aliphatic carbocycles. The fourth-order valence-electron chi connectivity index (χ4n) is 3.82. The summed E-state index contributed by atoms with van der Waals surface area (Å²) in [6, 6.07) is 12.2. The highest BCUT2D eigenvalue weighted by molar-refractivity contribution is 7.92. The monoisotopic (exact) mass is 520 g/mol. The Morgan fingerprint density at radius 3 is 2.39 bits per heavy atom. The second-order valence-electron chi connectivity index (χ2n) is 7.83. The molecule has 8 nitrogen and oxygen atoms in total. The minimum absolute atomic E-state index is 0.0239. The van der Waals surface area contributed by atoms with E-state index in [2.05, 4.69) is 10.1 Å². The van der Waals surface area contributed by atoms with Gasteiger partial charge in [-0.2, -0.15) is 8.78 Å². The maximum atomic E-state index is 14.0. The average molecular weight is 520 g/mol. The van der Waals surface area contributed by atoms with Crippen molar-refractivity contribution in [1.29, 1.82) is 0 Å². The van der Waals surface area contributed by atoms with Crippen LogP contribution in [0, 0.1) is 5.82 Å². The molecule has 0 spiro atoms. The number of nitrogens with one attached hydrogen (secondary N) is 1. The quantitative estimate of drug-likeness (QED) is 0.474. The lowest BCUT2D eigenvalue weighted by Gasteiger charge is -2.31. The van der Waals surface area contributed by atoms with Gasteiger partial charge in [0.25, 0.3) is 15.9 Å². The molecular weight excluding hydrogens is 501 g/mol. The van der Waals surface area contributed by atoms with Crippen LogP contribution in [0.2, 0.25) is 0 Å². The Kier molecular flexibility index (Phi) is 6.88. The number of carboxylic acid groups (broad SMARTS) is 1. The molecule has 0 saturated carbocycles. The average Bonchev–Trinajstić information content (AvgIpc) is 2.83. The topological polar surface area (TPSA) is 113 Å². The smallest absolute Gasteiger partial charge is 0.387 e. The standard InChI is InChI=1S/C24H19F3N2O6S/c25-20-13-16(5-10-19(20)23(31)32)28-22(30)15-4-3-14-2-1-11-29(21(14)12-15)36(33,34)18-8-6-17(7-9-18)35-24(26)27/h3-10,12-13,24H,1-2,11H2,(H,28,30)(H,31,32). The fourth-order valence-corrected chi connectivity index (χ4v) is 5.35. The Hall–Kier alpha value is -4.06. The molecule has 0 fully saturated rings. The van der Waals surface area contributed by atoms with E-state index in [0.29, 0.717) is 18.4 Å². The first kappa shape index (κ1) is 25.0. The maximum absolute atomic E-state index is 14.0. The number of halogens is 3. The first-order chi connectivity index (χ1) is 17.1. The van der Waals surface area contributed by atoms with E-state index < -0.39 is 39.9 Å². The van der Waals surface area contributed by atoms with Crippen LogP contribution in [-0.4, -0.2) is 38.6 Å². The van der Waals surface area contributed by atoms with Crippen LogP contribution in [0.4, 0.5) is 24.5 Å². The normalized spacial score (nSPS) is 13.3. The number of carbonyl (C=O) groups is 2. The number of hydrogen-bond acceptors (Lipinski definition) is 5. The molecule has 4 rings (SSSR count). The van der Waals surface area contributed by atoms with Crippen molar-refractivity contribution in [2.24, 2.45) is 0 Å². The first-order valence-corrected chi connectivity index (χ1v) is 12.0. The third-order valence-electron chi connectivity index (χ3n) is 5.52. The number of fused-ring (bicyclic) bond motifs is 1. The molecule has 1 heterocycles. The molecular formula is C24H19F3N2O6S. The number of carbonyl (C=O) groups excluding carboxylic acids is 1. The van der Waals surface area contributed by atoms with Crippen molar-refractivity contribution in [3.05, 3.63) is 83.2 Å². The van der Waals surface area contributed by atoms with Crippen LogP contribution in [0.3, 0.4) is 0 Å². The number of rotatable bonds is 7. The Morgan fingerprint density at radius 1 is 1.03 bits per heavy atom. The number of hydrogen-bond donors (Lipinski definition) is 2. The van der Waals surface area contributed by atoms with E-state index in [1.165, 1.54) is 18.2 Å². The molecule has 1 amide bonds. The van der Waals surface area contributed by atoms with Gasteiger partial charge >= 0.3 is 12.6 Å². The Morgan fingerprint density at radius 2 is 1.75 bits per heavy atom. The summed E-state index contributed by atoms with van der Waals surface area (Å²) in [7, 11) is -4.09. The number of nitrogens with zero attached hydrogens (tertiary/aromatic N) is 1. The number of aryl methyl sites for hydroxylation is 1. The lowest BCUT2D eigenvalue weighted by Crippen LogP contribution is -2.35. The summed E-state index contributed by atoms with van der Waals surface area (Å²) < 4.78 is 70.8. The highest BCUT2D eigenvalue weighted by Gasteiger charge is 2.30. The number of sulfonamides is 1. The molecule has 0 aromatic heterocycles. The van der Waals surface area contributed by atoms with E-state index in [-0.39, 0.29) is 34.1 Å². The van der Waals surface area contributed by atoms with Crippen LogP contribution >= 0.6 is 0 Å². The van der Waals surface area contributed by atoms with Gasteiger partial charge in [-0.15, -0.1) is 0 Å². The molecule has 0 atom stereocenters. The van der Waals surface area contributed by atoms with Gasteiger partial charge in [0.15, 0.2) is 0 Å². The summed E-state index contributed by atoms with van der Waals surface area (Å²) in [6.45, 7) is -2.91. The van der Waals surface area contributed by atoms with Crippen molar-refractivity contribution in [3.8, 4) is 5.75 Å². The minimum atomic E-state index is -4.09. The van der Waals surface area contributed by atoms with Crippen molar-refractivity contribution in [2.45, 2.75) is 24.3 Å². The van der Waals surface area contributed by atoms with Crippen LogP contribution in [0.1, 0.15) is 32.7 Å². The van der Waals surface area contributed by atoms with Gasteiger partial charge in [-0.1, -0.05) is 6.07 Å². The highest BCUT2D eigenvalue weighted by Crippen LogP contribution is 2.33. The lowest BCUT2D eigenvalue weighted by atomic mass is 10.0. The molecule has 2 N–H and O–H groups in total. The van der Waals surface area contributed by atoms with Crippen molar-refractivity contribution in [3.63, 3.8) is 0 Å². The molecule has 12 heteroatoms. The fraction of sp³-hybridized carbons (Fsp3) is 0.167. The van der Waals surface area contributed by atoms with E-state index in [9.17, 15) is 31.2 Å². The summed E-state index contributed by atoms with van der Waals surface area (Å²) in [5, 5.41) is 11.4. The van der Waals surface area contributed by atoms with Gasteiger partial charge in [-0.25, -0.2) is 17.6 Å². The van der Waals surface area contributed by atoms with Gasteiger partial charge in [-0.05, 0) is 73.0 Å². The van der Waals surface area contributed by atoms with Gasteiger partial charge in [-0.3, -0.25) is 9.10 Å². The van der Waals surface area contributed by atoms with Crippen LogP contribution in [0.15, 0.2) is 65.6 Å². The van der Waals surface area contributed by atoms with Crippen molar-refractivity contribution >= 4 is 33.3 Å². The number of anilines is 2. The van der Waals surface area contributed by atoms with Gasteiger partial charge in [0.1, 0.15) is 11.6 Å². The number of ether oxygens (including phenoxy) is 1. The molecule has 36 heavy (non-hydrogen) atoms. The predicted octanol–water partition coefficient (Wildman–Crippen LogP) is 4.52. The summed E-state index contributed by atoms with van der Waals surface area (Å²) in [5.74, 6) is -3.31. The third kappa shape index (κ3) is 5.13. The molecule has 0 bridgehead atoms. The van der Waals surface area contributed by atoms with Gasteiger partial charge in [0, 0.05) is 17.8 Å². The number of aromatic carboxylic acids is 1. The summed E-state index contributed by atoms with van der Waals surface area (Å²) >= 11 is 0. The van der Waals surface area contributed by atoms with Crippen molar-refractivity contribution in [1.82, 2.24) is 0 Å². The summed E-state index contributed by atoms with van der Waals surface area (Å²) in [6.07, 6.45) is 1.10.